The first-order valence-corrected chi connectivity index (χ1v) is 9.03. The van der Waals surface area contributed by atoms with E-state index in [-0.39, 0.29) is 35.9 Å². The van der Waals surface area contributed by atoms with Crippen LogP contribution in [0.5, 0.6) is 0 Å². The van der Waals surface area contributed by atoms with Crippen LogP contribution in [0.4, 0.5) is 5.69 Å². The van der Waals surface area contributed by atoms with Gasteiger partial charge in [-0.25, -0.2) is 9.59 Å². The first kappa shape index (κ1) is 20.2. The van der Waals surface area contributed by atoms with Gasteiger partial charge in [-0.3, -0.25) is 4.79 Å². The van der Waals surface area contributed by atoms with Crippen molar-refractivity contribution in [1.29, 1.82) is 0 Å². The summed E-state index contributed by atoms with van der Waals surface area (Å²) in [6, 6.07) is 6.87. The number of anilines is 1. The lowest BCUT2D eigenvalue weighted by Crippen LogP contribution is -2.50. The van der Waals surface area contributed by atoms with E-state index in [4.69, 9.17) is 19.9 Å². The Morgan fingerprint density at radius 2 is 1.97 bits per heavy atom. The second-order valence-electron chi connectivity index (χ2n) is 6.46. The quantitative estimate of drug-likeness (QED) is 0.594. The third kappa shape index (κ3) is 2.71. The van der Waals surface area contributed by atoms with E-state index in [1.807, 2.05) is 0 Å². The van der Waals surface area contributed by atoms with Crippen molar-refractivity contribution in [1.82, 2.24) is 0 Å². The summed E-state index contributed by atoms with van der Waals surface area (Å²) in [5.41, 5.74) is 4.81. The highest BCUT2D eigenvalue weighted by Crippen LogP contribution is 2.54. The van der Waals surface area contributed by atoms with Gasteiger partial charge >= 0.3 is 11.9 Å². The van der Waals surface area contributed by atoms with Gasteiger partial charge < -0.3 is 24.8 Å². The van der Waals surface area contributed by atoms with Crippen LogP contribution in [0.3, 0.4) is 0 Å². The molecule has 2 aliphatic heterocycles. The van der Waals surface area contributed by atoms with E-state index in [1.165, 1.54) is 18.9 Å². The highest BCUT2D eigenvalue weighted by Gasteiger charge is 2.63. The van der Waals surface area contributed by atoms with Crippen LogP contribution in [0.2, 0.25) is 0 Å². The van der Waals surface area contributed by atoms with Crippen molar-refractivity contribution in [2.45, 2.75) is 19.3 Å². The molecule has 1 aromatic carbocycles. The fourth-order valence-electron chi connectivity index (χ4n) is 3.94. The predicted octanol–water partition coefficient (Wildman–Crippen LogP) is 1.67. The van der Waals surface area contributed by atoms with Crippen LogP contribution in [0.25, 0.3) is 0 Å². The van der Waals surface area contributed by atoms with Crippen molar-refractivity contribution >= 4 is 23.5 Å². The number of carbonyl (C=O) groups is 3. The molecule has 8 nitrogen and oxygen atoms in total. The van der Waals surface area contributed by atoms with Gasteiger partial charge in [-0.05, 0) is 19.9 Å². The summed E-state index contributed by atoms with van der Waals surface area (Å²) in [7, 11) is 1.17. The lowest BCUT2D eigenvalue weighted by molar-refractivity contribution is -0.142. The summed E-state index contributed by atoms with van der Waals surface area (Å²) >= 11 is 0. The normalized spacial score (nSPS) is 20.5. The molecule has 0 bridgehead atoms. The van der Waals surface area contributed by atoms with Gasteiger partial charge in [-0.1, -0.05) is 24.3 Å². The Hall–Kier alpha value is -3.55. The largest absolute Gasteiger partial charge is 0.465 e. The summed E-state index contributed by atoms with van der Waals surface area (Å²) < 4.78 is 15.6. The number of nitrogens with zero attached hydrogens (tertiary/aromatic N) is 1. The van der Waals surface area contributed by atoms with Crippen molar-refractivity contribution in [2.24, 2.45) is 5.73 Å². The molecule has 1 amide bonds. The van der Waals surface area contributed by atoms with Gasteiger partial charge in [0.1, 0.15) is 22.3 Å². The van der Waals surface area contributed by atoms with Crippen molar-refractivity contribution in [3.63, 3.8) is 0 Å². The number of ether oxygens (including phenoxy) is 3. The molecule has 2 heterocycles. The van der Waals surface area contributed by atoms with Crippen molar-refractivity contribution in [3.8, 4) is 0 Å². The maximum Gasteiger partial charge on any atom is 0.340 e. The average molecular weight is 398 g/mol. The molecule has 29 heavy (non-hydrogen) atoms. The molecule has 0 aromatic heterocycles. The SMILES string of the molecule is C=CCN1C(=O)[C@]2(C(C(=O)OCC)=C(C)OC(N)=C2C(=O)OC)c2ccccc21. The van der Waals surface area contributed by atoms with Crippen LogP contribution in [0, 0.1) is 0 Å². The number of benzene rings is 1. The van der Waals surface area contributed by atoms with Gasteiger partial charge in [0.05, 0.1) is 13.7 Å². The number of hydrogen-bond acceptors (Lipinski definition) is 7. The Morgan fingerprint density at radius 3 is 2.59 bits per heavy atom. The first-order chi connectivity index (χ1) is 13.9. The Labute approximate surface area is 168 Å². The standard InChI is InChI=1S/C21H22N2O6/c1-5-11-23-14-10-8-7-9-13(14)21(20(23)26)15(19(25)28-6-2)12(3)29-17(22)16(21)18(24)27-4/h5,7-10H,1,6,11,22H2,2-4H3/t21-/m0/s1. The molecule has 1 spiro atoms. The van der Waals surface area contributed by atoms with Crippen LogP contribution >= 0.6 is 0 Å². The molecule has 0 unspecified atom stereocenters. The second-order valence-corrected chi connectivity index (χ2v) is 6.46. The van der Waals surface area contributed by atoms with Gasteiger partial charge in [-0.2, -0.15) is 0 Å². The molecule has 0 radical (unpaired) electrons. The Morgan fingerprint density at radius 1 is 1.28 bits per heavy atom. The molecule has 8 heteroatoms. The van der Waals surface area contributed by atoms with E-state index in [1.54, 1.807) is 37.3 Å². The Bertz CT molecular complexity index is 977. The van der Waals surface area contributed by atoms with Gasteiger partial charge in [-0.15, -0.1) is 6.58 Å². The Kier molecular flexibility index (Phi) is 5.19. The topological polar surface area (TPSA) is 108 Å². The monoisotopic (exact) mass is 398 g/mol. The number of hydrogen-bond donors (Lipinski definition) is 1. The van der Waals surface area contributed by atoms with E-state index < -0.39 is 23.3 Å². The van der Waals surface area contributed by atoms with Crippen LogP contribution in [0.15, 0.2) is 59.7 Å². The highest BCUT2D eigenvalue weighted by molar-refractivity contribution is 6.22. The van der Waals surface area contributed by atoms with Crippen molar-refractivity contribution < 1.29 is 28.6 Å². The molecule has 1 aromatic rings. The van der Waals surface area contributed by atoms with Crippen LogP contribution in [-0.4, -0.2) is 38.1 Å². The molecule has 0 saturated heterocycles. The summed E-state index contributed by atoms with van der Waals surface area (Å²) in [5.74, 6) is -2.40. The molecular formula is C21H22N2O6. The fraction of sp³-hybridized carbons (Fsp3) is 0.286. The maximum atomic E-state index is 13.9. The number of allylic oxidation sites excluding steroid dienone is 1. The third-order valence-electron chi connectivity index (χ3n) is 4.96. The number of methoxy groups -OCH3 is 1. The first-order valence-electron chi connectivity index (χ1n) is 9.03. The molecular weight excluding hydrogens is 376 g/mol. The maximum absolute atomic E-state index is 13.9. The van der Waals surface area contributed by atoms with E-state index in [2.05, 4.69) is 6.58 Å². The van der Waals surface area contributed by atoms with E-state index in [0.717, 1.165) is 0 Å². The lowest BCUT2D eigenvalue weighted by atomic mass is 9.67. The molecule has 0 aliphatic carbocycles. The Balaban J connectivity index is 2.45. The van der Waals surface area contributed by atoms with Gasteiger partial charge in [0.25, 0.3) is 0 Å². The number of fused-ring (bicyclic) bond motifs is 2. The summed E-state index contributed by atoms with van der Waals surface area (Å²) in [6.07, 6.45) is 1.55. The molecule has 1 atom stereocenters. The zero-order chi connectivity index (χ0) is 21.3. The average Bonchev–Trinajstić information content (AvgIpc) is 2.91. The van der Waals surface area contributed by atoms with Gasteiger partial charge in [0, 0.05) is 17.8 Å². The zero-order valence-electron chi connectivity index (χ0n) is 16.5. The van der Waals surface area contributed by atoms with E-state index >= 15 is 0 Å². The molecule has 2 aliphatic rings. The summed E-state index contributed by atoms with van der Waals surface area (Å²) in [4.78, 5) is 41.1. The number of para-hydroxylation sites is 1. The fourth-order valence-corrected chi connectivity index (χ4v) is 3.94. The number of carbonyl (C=O) groups excluding carboxylic acids is 3. The highest BCUT2D eigenvalue weighted by atomic mass is 16.5. The number of amides is 1. The molecule has 0 saturated carbocycles. The molecule has 152 valence electrons. The molecule has 2 N–H and O–H groups in total. The van der Waals surface area contributed by atoms with Gasteiger partial charge in [0.2, 0.25) is 11.8 Å². The summed E-state index contributed by atoms with van der Waals surface area (Å²) in [5, 5.41) is 0. The minimum absolute atomic E-state index is 0.0741. The third-order valence-corrected chi connectivity index (χ3v) is 4.96. The molecule has 0 fully saturated rings. The lowest BCUT2D eigenvalue weighted by Gasteiger charge is -2.36. The van der Waals surface area contributed by atoms with Crippen molar-refractivity contribution in [2.75, 3.05) is 25.2 Å². The summed E-state index contributed by atoms with van der Waals surface area (Å²) in [6.45, 7) is 7.08. The van der Waals surface area contributed by atoms with Crippen molar-refractivity contribution in [3.05, 3.63) is 65.3 Å². The van der Waals surface area contributed by atoms with Crippen LogP contribution < -0.4 is 10.6 Å². The zero-order valence-corrected chi connectivity index (χ0v) is 16.5. The minimum atomic E-state index is -1.84. The minimum Gasteiger partial charge on any atom is -0.465 e. The number of esters is 2. The van der Waals surface area contributed by atoms with Crippen LogP contribution in [0.1, 0.15) is 19.4 Å². The predicted molar refractivity (Wildman–Crippen MR) is 104 cm³/mol. The van der Waals surface area contributed by atoms with Crippen LogP contribution in [-0.2, 0) is 34.0 Å². The molecule has 3 rings (SSSR count). The number of nitrogens with two attached hydrogens (primary N) is 1. The van der Waals surface area contributed by atoms with E-state index in [9.17, 15) is 14.4 Å². The number of rotatable bonds is 5. The second kappa shape index (κ2) is 7.46. The smallest absolute Gasteiger partial charge is 0.340 e. The van der Waals surface area contributed by atoms with E-state index in [0.29, 0.717) is 11.3 Å². The van der Waals surface area contributed by atoms with Gasteiger partial charge in [0.15, 0.2) is 0 Å².